The van der Waals surface area contributed by atoms with Crippen molar-refractivity contribution in [1.82, 2.24) is 9.88 Å². The molecule has 2 aromatic rings. The number of fused-ring (bicyclic) bond motifs is 1. The summed E-state index contributed by atoms with van der Waals surface area (Å²) in [6.45, 7) is 4.09. The molecule has 2 amide bonds. The van der Waals surface area contributed by atoms with Crippen LogP contribution in [0.15, 0.2) is 29.1 Å². The Morgan fingerprint density at radius 1 is 1.29 bits per heavy atom. The van der Waals surface area contributed by atoms with E-state index in [1.165, 1.54) is 0 Å². The molecule has 0 radical (unpaired) electrons. The molecule has 1 saturated heterocycles. The maximum absolute atomic E-state index is 12.1. The fourth-order valence-corrected chi connectivity index (χ4v) is 2.36. The summed E-state index contributed by atoms with van der Waals surface area (Å²) in [5.41, 5.74) is 1.94. The molecule has 0 spiro atoms. The van der Waals surface area contributed by atoms with Gasteiger partial charge in [0.2, 0.25) is 0 Å². The standard InChI is InChI=1S/C15H17N3O3/c1-10-8-11-2-3-12(9-13(11)17-14(10)19)16-15(20)18-4-6-21-7-5-18/h2-3,8-9H,4-7H2,1H3,(H,16,20)(H,17,19). The van der Waals surface area contributed by atoms with Gasteiger partial charge in [0.25, 0.3) is 5.56 Å². The molecule has 3 rings (SSSR count). The number of anilines is 1. The molecule has 2 N–H and O–H groups in total. The average molecular weight is 287 g/mol. The van der Waals surface area contributed by atoms with Crippen LogP contribution in [0.1, 0.15) is 5.56 Å². The van der Waals surface area contributed by atoms with Gasteiger partial charge in [-0.1, -0.05) is 6.07 Å². The van der Waals surface area contributed by atoms with Crippen LogP contribution in [0.2, 0.25) is 0 Å². The van der Waals surface area contributed by atoms with Crippen molar-refractivity contribution in [2.75, 3.05) is 31.6 Å². The Kier molecular flexibility index (Phi) is 3.62. The lowest BCUT2D eigenvalue weighted by atomic mass is 10.1. The highest BCUT2D eigenvalue weighted by Gasteiger charge is 2.16. The summed E-state index contributed by atoms with van der Waals surface area (Å²) >= 11 is 0. The van der Waals surface area contributed by atoms with Crippen LogP contribution >= 0.6 is 0 Å². The van der Waals surface area contributed by atoms with Crippen molar-refractivity contribution < 1.29 is 9.53 Å². The Balaban J connectivity index is 1.82. The lowest BCUT2D eigenvalue weighted by Crippen LogP contribution is -2.43. The zero-order chi connectivity index (χ0) is 14.8. The lowest BCUT2D eigenvalue weighted by Gasteiger charge is -2.26. The number of ether oxygens (including phenoxy) is 1. The number of amides is 2. The monoisotopic (exact) mass is 287 g/mol. The Labute approximate surface area is 121 Å². The molecule has 1 aromatic carbocycles. The van der Waals surface area contributed by atoms with E-state index in [9.17, 15) is 9.59 Å². The highest BCUT2D eigenvalue weighted by atomic mass is 16.5. The number of nitrogens with one attached hydrogen (secondary N) is 2. The number of aromatic nitrogens is 1. The minimum absolute atomic E-state index is 0.112. The van der Waals surface area contributed by atoms with Crippen LogP contribution in [0.5, 0.6) is 0 Å². The normalized spacial score (nSPS) is 15.2. The van der Waals surface area contributed by atoms with Crippen molar-refractivity contribution in [2.45, 2.75) is 6.92 Å². The van der Waals surface area contributed by atoms with Crippen molar-refractivity contribution >= 4 is 22.6 Å². The number of carbonyl (C=O) groups is 1. The van der Waals surface area contributed by atoms with Gasteiger partial charge in [-0.25, -0.2) is 4.79 Å². The molecule has 21 heavy (non-hydrogen) atoms. The third-order valence-electron chi connectivity index (χ3n) is 3.58. The van der Waals surface area contributed by atoms with Crippen LogP contribution in [-0.4, -0.2) is 42.2 Å². The highest BCUT2D eigenvalue weighted by molar-refractivity contribution is 5.92. The first-order valence-electron chi connectivity index (χ1n) is 6.91. The third-order valence-corrected chi connectivity index (χ3v) is 3.58. The number of aromatic amines is 1. The summed E-state index contributed by atoms with van der Waals surface area (Å²) in [6.07, 6.45) is 0. The zero-order valence-corrected chi connectivity index (χ0v) is 11.8. The number of morpholine rings is 1. The van der Waals surface area contributed by atoms with Gasteiger partial charge in [0.05, 0.1) is 18.7 Å². The first kappa shape index (κ1) is 13.6. The maximum atomic E-state index is 12.1. The van der Waals surface area contributed by atoms with Gasteiger partial charge in [-0.15, -0.1) is 0 Å². The number of urea groups is 1. The minimum atomic E-state index is -0.146. The van der Waals surface area contributed by atoms with Gasteiger partial charge < -0.3 is 19.9 Å². The number of hydrogen-bond donors (Lipinski definition) is 2. The van der Waals surface area contributed by atoms with Gasteiger partial charge in [-0.2, -0.15) is 0 Å². The molecule has 6 heteroatoms. The Morgan fingerprint density at radius 2 is 2.05 bits per heavy atom. The molecule has 6 nitrogen and oxygen atoms in total. The van der Waals surface area contributed by atoms with Crippen LogP contribution in [0.4, 0.5) is 10.5 Å². The second kappa shape index (κ2) is 5.57. The topological polar surface area (TPSA) is 74.4 Å². The van der Waals surface area contributed by atoms with E-state index in [2.05, 4.69) is 10.3 Å². The van der Waals surface area contributed by atoms with E-state index in [-0.39, 0.29) is 11.6 Å². The molecule has 1 aromatic heterocycles. The minimum Gasteiger partial charge on any atom is -0.378 e. The highest BCUT2D eigenvalue weighted by Crippen LogP contribution is 2.17. The van der Waals surface area contributed by atoms with Crippen molar-refractivity contribution in [3.05, 3.63) is 40.2 Å². The number of pyridine rings is 1. The second-order valence-electron chi connectivity index (χ2n) is 5.11. The van der Waals surface area contributed by atoms with E-state index in [0.29, 0.717) is 43.1 Å². The van der Waals surface area contributed by atoms with Crippen molar-refractivity contribution in [2.24, 2.45) is 0 Å². The number of H-pyrrole nitrogens is 1. The molecular weight excluding hydrogens is 270 g/mol. The first-order chi connectivity index (χ1) is 10.1. The number of rotatable bonds is 1. The molecular formula is C15H17N3O3. The van der Waals surface area contributed by atoms with E-state index < -0.39 is 0 Å². The fourth-order valence-electron chi connectivity index (χ4n) is 2.36. The van der Waals surface area contributed by atoms with Gasteiger partial charge in [0, 0.05) is 24.3 Å². The summed E-state index contributed by atoms with van der Waals surface area (Å²) in [7, 11) is 0. The Hall–Kier alpha value is -2.34. The Morgan fingerprint density at radius 3 is 2.81 bits per heavy atom. The predicted molar refractivity (Wildman–Crippen MR) is 80.7 cm³/mol. The molecule has 0 saturated carbocycles. The molecule has 1 aliphatic heterocycles. The van der Waals surface area contributed by atoms with Gasteiger partial charge >= 0.3 is 6.03 Å². The van der Waals surface area contributed by atoms with Gasteiger partial charge in [0.1, 0.15) is 0 Å². The summed E-state index contributed by atoms with van der Waals surface area (Å²) < 4.78 is 5.22. The van der Waals surface area contributed by atoms with E-state index >= 15 is 0 Å². The first-order valence-corrected chi connectivity index (χ1v) is 6.91. The molecule has 0 bridgehead atoms. The van der Waals surface area contributed by atoms with Crippen molar-refractivity contribution in [3.8, 4) is 0 Å². The third kappa shape index (κ3) is 2.90. The number of hydrogen-bond acceptors (Lipinski definition) is 3. The van der Waals surface area contributed by atoms with Gasteiger partial charge in [-0.05, 0) is 30.5 Å². The molecule has 110 valence electrons. The number of aryl methyl sites for hydroxylation is 1. The molecule has 2 heterocycles. The quantitative estimate of drug-likeness (QED) is 0.838. The summed E-state index contributed by atoms with van der Waals surface area (Å²) in [4.78, 5) is 28.3. The summed E-state index contributed by atoms with van der Waals surface area (Å²) in [5.74, 6) is 0. The molecule has 0 aliphatic carbocycles. The van der Waals surface area contributed by atoms with Crippen molar-refractivity contribution in [1.29, 1.82) is 0 Å². The van der Waals surface area contributed by atoms with Crippen LogP contribution < -0.4 is 10.9 Å². The summed E-state index contributed by atoms with van der Waals surface area (Å²) in [6, 6.07) is 7.18. The maximum Gasteiger partial charge on any atom is 0.322 e. The van der Waals surface area contributed by atoms with E-state index in [1.807, 2.05) is 18.2 Å². The second-order valence-corrected chi connectivity index (χ2v) is 5.11. The van der Waals surface area contributed by atoms with Gasteiger partial charge in [-0.3, -0.25) is 4.79 Å². The molecule has 0 unspecified atom stereocenters. The van der Waals surface area contributed by atoms with Crippen LogP contribution in [0.25, 0.3) is 10.9 Å². The average Bonchev–Trinajstić information content (AvgIpc) is 2.49. The van der Waals surface area contributed by atoms with Crippen molar-refractivity contribution in [3.63, 3.8) is 0 Å². The SMILES string of the molecule is Cc1cc2ccc(NC(=O)N3CCOCC3)cc2[nH]c1=O. The number of carbonyl (C=O) groups excluding carboxylic acids is 1. The van der Waals surface area contributed by atoms with E-state index in [0.717, 1.165) is 5.39 Å². The van der Waals surface area contributed by atoms with Gasteiger partial charge in [0.15, 0.2) is 0 Å². The van der Waals surface area contributed by atoms with Crippen LogP contribution in [-0.2, 0) is 4.74 Å². The predicted octanol–water partition coefficient (Wildman–Crippen LogP) is 1.70. The largest absolute Gasteiger partial charge is 0.378 e. The molecule has 0 atom stereocenters. The van der Waals surface area contributed by atoms with Crippen LogP contribution in [0, 0.1) is 6.92 Å². The molecule has 1 fully saturated rings. The lowest BCUT2D eigenvalue weighted by molar-refractivity contribution is 0.0564. The van der Waals surface area contributed by atoms with Crippen LogP contribution in [0.3, 0.4) is 0 Å². The smallest absolute Gasteiger partial charge is 0.322 e. The molecule has 1 aliphatic rings. The van der Waals surface area contributed by atoms with E-state index in [1.54, 1.807) is 17.9 Å². The zero-order valence-electron chi connectivity index (χ0n) is 11.8. The fraction of sp³-hybridized carbons (Fsp3) is 0.333. The summed E-state index contributed by atoms with van der Waals surface area (Å²) in [5, 5.41) is 3.79. The number of nitrogens with zero attached hydrogens (tertiary/aromatic N) is 1. The number of benzene rings is 1. The van der Waals surface area contributed by atoms with E-state index in [4.69, 9.17) is 4.74 Å². The Bertz CT molecular complexity index is 733.